The number of carbonyl (C=O) groups excluding carboxylic acids is 1. The molecule has 3 aromatic rings. The molecule has 3 rings (SSSR count). The van der Waals surface area contributed by atoms with Gasteiger partial charge in [0.2, 0.25) is 11.8 Å². The molecule has 0 saturated heterocycles. The summed E-state index contributed by atoms with van der Waals surface area (Å²) < 4.78 is 11.1. The largest absolute Gasteiger partial charge is 0.496 e. The molecule has 0 saturated carbocycles. The molecule has 1 amide bonds. The summed E-state index contributed by atoms with van der Waals surface area (Å²) in [6, 6.07) is 12.5. The van der Waals surface area contributed by atoms with E-state index in [0.717, 1.165) is 5.56 Å². The SMILES string of the molecule is COc1ccccc1-c1nc2ccc(NC(=O)CCC(=O)O)cc2o1. The van der Waals surface area contributed by atoms with Gasteiger partial charge in [0, 0.05) is 18.2 Å². The molecular formula is C18H16N2O5. The number of benzene rings is 2. The van der Waals surface area contributed by atoms with Crippen LogP contribution in [0.4, 0.5) is 5.69 Å². The molecule has 0 fully saturated rings. The van der Waals surface area contributed by atoms with Crippen molar-refractivity contribution in [3.05, 3.63) is 42.5 Å². The van der Waals surface area contributed by atoms with E-state index in [1.165, 1.54) is 0 Å². The van der Waals surface area contributed by atoms with Crippen molar-refractivity contribution in [2.75, 3.05) is 12.4 Å². The minimum absolute atomic E-state index is 0.0871. The highest BCUT2D eigenvalue weighted by Crippen LogP contribution is 2.32. The van der Waals surface area contributed by atoms with E-state index in [2.05, 4.69) is 10.3 Å². The van der Waals surface area contributed by atoms with E-state index in [0.29, 0.717) is 28.4 Å². The molecule has 25 heavy (non-hydrogen) atoms. The number of aromatic nitrogens is 1. The molecule has 1 aromatic heterocycles. The third kappa shape index (κ3) is 3.77. The Hall–Kier alpha value is -3.35. The number of nitrogens with one attached hydrogen (secondary N) is 1. The Labute approximate surface area is 143 Å². The predicted octanol–water partition coefficient (Wildman–Crippen LogP) is 3.31. The summed E-state index contributed by atoms with van der Waals surface area (Å²) in [6.07, 6.45) is -0.301. The van der Waals surface area contributed by atoms with Gasteiger partial charge in [-0.05, 0) is 24.3 Å². The monoisotopic (exact) mass is 340 g/mol. The van der Waals surface area contributed by atoms with Crippen LogP contribution in [0.1, 0.15) is 12.8 Å². The third-order valence-electron chi connectivity index (χ3n) is 3.58. The van der Waals surface area contributed by atoms with Gasteiger partial charge in [0.05, 0.1) is 19.1 Å². The van der Waals surface area contributed by atoms with Gasteiger partial charge in [0.1, 0.15) is 11.3 Å². The number of carboxylic acid groups (broad SMARTS) is 1. The molecule has 0 aliphatic rings. The number of carboxylic acids is 1. The van der Waals surface area contributed by atoms with Crippen molar-refractivity contribution in [3.8, 4) is 17.2 Å². The van der Waals surface area contributed by atoms with Gasteiger partial charge in [-0.3, -0.25) is 9.59 Å². The van der Waals surface area contributed by atoms with Crippen molar-refractivity contribution >= 4 is 28.7 Å². The van der Waals surface area contributed by atoms with Crippen molar-refractivity contribution in [2.24, 2.45) is 0 Å². The number of methoxy groups -OCH3 is 1. The van der Waals surface area contributed by atoms with Crippen molar-refractivity contribution in [1.82, 2.24) is 4.98 Å². The Morgan fingerprint density at radius 3 is 2.76 bits per heavy atom. The number of ether oxygens (including phenoxy) is 1. The maximum atomic E-state index is 11.7. The molecule has 0 radical (unpaired) electrons. The highest BCUT2D eigenvalue weighted by Gasteiger charge is 2.13. The van der Waals surface area contributed by atoms with Gasteiger partial charge in [-0.2, -0.15) is 0 Å². The highest BCUT2D eigenvalue weighted by atomic mass is 16.5. The van der Waals surface area contributed by atoms with E-state index in [9.17, 15) is 9.59 Å². The summed E-state index contributed by atoms with van der Waals surface area (Å²) in [5.74, 6) is -0.313. The van der Waals surface area contributed by atoms with Crippen LogP contribution in [0.3, 0.4) is 0 Å². The van der Waals surface area contributed by atoms with Gasteiger partial charge < -0.3 is 19.6 Å². The van der Waals surface area contributed by atoms with Crippen molar-refractivity contribution in [3.63, 3.8) is 0 Å². The number of amides is 1. The summed E-state index contributed by atoms with van der Waals surface area (Å²) in [5, 5.41) is 11.3. The molecular weight excluding hydrogens is 324 g/mol. The third-order valence-corrected chi connectivity index (χ3v) is 3.58. The maximum absolute atomic E-state index is 11.7. The summed E-state index contributed by atoms with van der Waals surface area (Å²) >= 11 is 0. The zero-order valence-corrected chi connectivity index (χ0v) is 13.5. The topological polar surface area (TPSA) is 102 Å². The van der Waals surface area contributed by atoms with Crippen LogP contribution < -0.4 is 10.1 Å². The fourth-order valence-electron chi connectivity index (χ4n) is 2.38. The number of nitrogens with zero attached hydrogens (tertiary/aromatic N) is 1. The van der Waals surface area contributed by atoms with Gasteiger partial charge in [-0.15, -0.1) is 0 Å². The number of anilines is 1. The van der Waals surface area contributed by atoms with Gasteiger partial charge in [0.15, 0.2) is 5.58 Å². The second-order valence-electron chi connectivity index (χ2n) is 5.34. The molecule has 0 bridgehead atoms. The Bertz CT molecular complexity index is 932. The summed E-state index contributed by atoms with van der Waals surface area (Å²) in [6.45, 7) is 0. The highest BCUT2D eigenvalue weighted by molar-refractivity contribution is 5.94. The molecule has 7 nitrogen and oxygen atoms in total. The predicted molar refractivity (Wildman–Crippen MR) is 91.5 cm³/mol. The molecule has 0 aliphatic heterocycles. The van der Waals surface area contributed by atoms with Crippen LogP contribution in [-0.2, 0) is 9.59 Å². The quantitative estimate of drug-likeness (QED) is 0.714. The first kappa shape index (κ1) is 16.5. The smallest absolute Gasteiger partial charge is 0.303 e. The van der Waals surface area contributed by atoms with Crippen molar-refractivity contribution in [1.29, 1.82) is 0 Å². The van der Waals surface area contributed by atoms with Crippen LogP contribution >= 0.6 is 0 Å². The van der Waals surface area contributed by atoms with E-state index in [1.807, 2.05) is 24.3 Å². The molecule has 0 atom stereocenters. The Kier molecular flexibility index (Phi) is 4.65. The minimum Gasteiger partial charge on any atom is -0.496 e. The average Bonchev–Trinajstić information content (AvgIpc) is 3.03. The summed E-state index contributed by atoms with van der Waals surface area (Å²) in [5.41, 5.74) is 2.40. The maximum Gasteiger partial charge on any atom is 0.303 e. The lowest BCUT2D eigenvalue weighted by Crippen LogP contribution is -2.12. The number of oxazole rings is 1. The zero-order valence-electron chi connectivity index (χ0n) is 13.5. The van der Waals surface area contributed by atoms with E-state index < -0.39 is 5.97 Å². The molecule has 1 heterocycles. The van der Waals surface area contributed by atoms with Crippen LogP contribution in [0.15, 0.2) is 46.9 Å². The van der Waals surface area contributed by atoms with Gasteiger partial charge >= 0.3 is 5.97 Å². The summed E-state index contributed by atoms with van der Waals surface area (Å²) in [7, 11) is 1.58. The van der Waals surface area contributed by atoms with Crippen LogP contribution in [0.25, 0.3) is 22.6 Å². The fourth-order valence-corrected chi connectivity index (χ4v) is 2.38. The molecule has 0 aliphatic carbocycles. The van der Waals surface area contributed by atoms with Crippen LogP contribution in [0.2, 0.25) is 0 Å². The average molecular weight is 340 g/mol. The fraction of sp³-hybridized carbons (Fsp3) is 0.167. The molecule has 0 unspecified atom stereocenters. The number of aliphatic carboxylic acids is 1. The van der Waals surface area contributed by atoms with E-state index in [-0.39, 0.29) is 18.7 Å². The molecule has 0 spiro atoms. The number of hydrogen-bond acceptors (Lipinski definition) is 5. The summed E-state index contributed by atoms with van der Waals surface area (Å²) in [4.78, 5) is 26.7. The zero-order chi connectivity index (χ0) is 17.8. The molecule has 7 heteroatoms. The van der Waals surface area contributed by atoms with Gasteiger partial charge in [-0.25, -0.2) is 4.98 Å². The van der Waals surface area contributed by atoms with Crippen LogP contribution in [-0.4, -0.2) is 29.1 Å². The molecule has 2 N–H and O–H groups in total. The number of para-hydroxylation sites is 1. The Morgan fingerprint density at radius 2 is 2.00 bits per heavy atom. The first-order valence-electron chi connectivity index (χ1n) is 7.62. The molecule has 128 valence electrons. The van der Waals surface area contributed by atoms with E-state index in [1.54, 1.807) is 25.3 Å². The van der Waals surface area contributed by atoms with Crippen LogP contribution in [0.5, 0.6) is 5.75 Å². The number of carbonyl (C=O) groups is 2. The second kappa shape index (κ2) is 7.04. The Morgan fingerprint density at radius 1 is 1.20 bits per heavy atom. The van der Waals surface area contributed by atoms with Crippen LogP contribution in [0, 0.1) is 0 Å². The second-order valence-corrected chi connectivity index (χ2v) is 5.34. The lowest BCUT2D eigenvalue weighted by Gasteiger charge is -2.03. The molecule has 2 aromatic carbocycles. The standard InChI is InChI=1S/C18H16N2O5/c1-24-14-5-3-2-4-12(14)18-20-13-7-6-11(10-15(13)25-18)19-16(21)8-9-17(22)23/h2-7,10H,8-9H2,1H3,(H,19,21)(H,22,23). The van der Waals surface area contributed by atoms with Gasteiger partial charge in [0.25, 0.3) is 0 Å². The Balaban J connectivity index is 1.84. The van der Waals surface area contributed by atoms with Crippen molar-refractivity contribution in [2.45, 2.75) is 12.8 Å². The van der Waals surface area contributed by atoms with Gasteiger partial charge in [-0.1, -0.05) is 12.1 Å². The normalized spacial score (nSPS) is 10.6. The number of rotatable bonds is 6. The van der Waals surface area contributed by atoms with E-state index >= 15 is 0 Å². The van der Waals surface area contributed by atoms with E-state index in [4.69, 9.17) is 14.3 Å². The first-order valence-corrected chi connectivity index (χ1v) is 7.62. The lowest BCUT2D eigenvalue weighted by molar-refractivity contribution is -0.138. The number of fused-ring (bicyclic) bond motifs is 1. The minimum atomic E-state index is -1.01. The van der Waals surface area contributed by atoms with Crippen molar-refractivity contribution < 1.29 is 23.8 Å². The first-order chi connectivity index (χ1) is 12.1. The number of hydrogen-bond donors (Lipinski definition) is 2. The lowest BCUT2D eigenvalue weighted by atomic mass is 10.2.